The first-order valence-electron chi connectivity index (χ1n) is 10.4. The van der Waals surface area contributed by atoms with E-state index in [1.165, 1.54) is 11.8 Å². The Morgan fingerprint density at radius 3 is 2.68 bits per heavy atom. The molecule has 3 aromatic rings. The summed E-state index contributed by atoms with van der Waals surface area (Å²) in [5, 5.41) is 3.46. The highest BCUT2D eigenvalue weighted by atomic mass is 32.2. The number of oxazole rings is 1. The summed E-state index contributed by atoms with van der Waals surface area (Å²) >= 11 is 1.24. The molecule has 0 saturated carbocycles. The fourth-order valence-electron chi connectivity index (χ4n) is 3.51. The van der Waals surface area contributed by atoms with Gasteiger partial charge >= 0.3 is 0 Å². The molecule has 2 aromatic carbocycles. The van der Waals surface area contributed by atoms with E-state index >= 15 is 0 Å². The van der Waals surface area contributed by atoms with Crippen LogP contribution in [-0.4, -0.2) is 41.2 Å². The molecule has 1 aliphatic heterocycles. The average Bonchev–Trinajstić information content (AvgIpc) is 3.23. The van der Waals surface area contributed by atoms with Gasteiger partial charge in [-0.25, -0.2) is 4.98 Å². The van der Waals surface area contributed by atoms with Crippen molar-refractivity contribution in [3.05, 3.63) is 48.5 Å². The summed E-state index contributed by atoms with van der Waals surface area (Å²) in [6.07, 6.45) is 0.929. The maximum atomic E-state index is 13.1. The van der Waals surface area contributed by atoms with Gasteiger partial charge in [-0.15, -0.1) is 0 Å². The lowest BCUT2D eigenvalue weighted by Gasteiger charge is -2.34. The molecule has 8 heteroatoms. The molecule has 0 aliphatic carbocycles. The second-order valence-electron chi connectivity index (χ2n) is 7.34. The number of amides is 2. The highest BCUT2D eigenvalue weighted by molar-refractivity contribution is 7.99. The van der Waals surface area contributed by atoms with Crippen molar-refractivity contribution in [2.75, 3.05) is 17.2 Å². The van der Waals surface area contributed by atoms with E-state index in [-0.39, 0.29) is 30.2 Å². The van der Waals surface area contributed by atoms with Gasteiger partial charge < -0.3 is 19.4 Å². The van der Waals surface area contributed by atoms with Gasteiger partial charge in [-0.1, -0.05) is 49.9 Å². The van der Waals surface area contributed by atoms with E-state index in [4.69, 9.17) is 9.15 Å². The van der Waals surface area contributed by atoms with Crippen LogP contribution in [-0.2, 0) is 9.59 Å². The topological polar surface area (TPSA) is 84.7 Å². The molecule has 7 nitrogen and oxygen atoms in total. The summed E-state index contributed by atoms with van der Waals surface area (Å²) < 4.78 is 11.6. The van der Waals surface area contributed by atoms with Gasteiger partial charge in [0.2, 0.25) is 5.91 Å². The minimum atomic E-state index is -0.756. The molecule has 0 radical (unpaired) electrons. The van der Waals surface area contributed by atoms with Crippen LogP contribution in [0.25, 0.3) is 11.1 Å². The fourth-order valence-corrected chi connectivity index (χ4v) is 4.22. The molecule has 1 N–H and O–H groups in total. The van der Waals surface area contributed by atoms with Crippen molar-refractivity contribution in [2.45, 2.75) is 44.1 Å². The number of thioether (sulfide) groups is 1. The predicted octanol–water partition coefficient (Wildman–Crippen LogP) is 4.02. The number of carbonyl (C=O) groups excluding carboxylic acids is 2. The molecule has 4 rings (SSSR count). The van der Waals surface area contributed by atoms with Gasteiger partial charge in [0.05, 0.1) is 18.0 Å². The van der Waals surface area contributed by atoms with Crippen molar-refractivity contribution in [2.24, 2.45) is 0 Å². The second kappa shape index (κ2) is 9.43. The molecule has 2 heterocycles. The lowest BCUT2D eigenvalue weighted by Crippen LogP contribution is -2.52. The van der Waals surface area contributed by atoms with Crippen LogP contribution in [0.2, 0.25) is 0 Å². The number of hydrogen-bond acceptors (Lipinski definition) is 6. The zero-order valence-corrected chi connectivity index (χ0v) is 18.4. The van der Waals surface area contributed by atoms with Crippen LogP contribution in [0.4, 0.5) is 5.69 Å². The zero-order chi connectivity index (χ0) is 21.8. The quantitative estimate of drug-likeness (QED) is 0.560. The average molecular weight is 440 g/mol. The minimum Gasteiger partial charge on any atom is -0.477 e. The Hall–Kier alpha value is -3.00. The SMILES string of the molecule is CCC(CC)NC(=O)C1CN(C(=O)CSc2nc3ccccc3o2)c2ccccc2O1. The van der Waals surface area contributed by atoms with Gasteiger partial charge in [0.25, 0.3) is 11.1 Å². The summed E-state index contributed by atoms with van der Waals surface area (Å²) in [5.41, 5.74) is 2.11. The largest absolute Gasteiger partial charge is 0.477 e. The van der Waals surface area contributed by atoms with Crippen LogP contribution in [0.15, 0.2) is 58.2 Å². The van der Waals surface area contributed by atoms with E-state index in [1.807, 2.05) is 56.3 Å². The molecule has 1 atom stereocenters. The van der Waals surface area contributed by atoms with Crippen molar-refractivity contribution in [3.63, 3.8) is 0 Å². The first-order chi connectivity index (χ1) is 15.1. The molecule has 0 saturated heterocycles. The number of aromatic nitrogens is 1. The summed E-state index contributed by atoms with van der Waals surface area (Å²) in [7, 11) is 0. The normalized spacial score (nSPS) is 15.6. The lowest BCUT2D eigenvalue weighted by atomic mass is 10.1. The van der Waals surface area contributed by atoms with Gasteiger partial charge in [-0.05, 0) is 37.1 Å². The number of ether oxygens (including phenoxy) is 1. The molecule has 31 heavy (non-hydrogen) atoms. The smallest absolute Gasteiger partial charge is 0.263 e. The maximum absolute atomic E-state index is 13.1. The monoisotopic (exact) mass is 439 g/mol. The highest BCUT2D eigenvalue weighted by Gasteiger charge is 2.34. The summed E-state index contributed by atoms with van der Waals surface area (Å²) in [6.45, 7) is 4.23. The molecule has 0 spiro atoms. The number of para-hydroxylation sites is 4. The van der Waals surface area contributed by atoms with E-state index in [0.29, 0.717) is 22.2 Å². The van der Waals surface area contributed by atoms with Crippen molar-refractivity contribution < 1.29 is 18.7 Å². The van der Waals surface area contributed by atoms with Gasteiger partial charge in [0, 0.05) is 6.04 Å². The first-order valence-corrected chi connectivity index (χ1v) is 11.4. The number of nitrogens with zero attached hydrogens (tertiary/aromatic N) is 2. The Morgan fingerprint density at radius 1 is 1.16 bits per heavy atom. The van der Waals surface area contributed by atoms with Crippen LogP contribution in [0.3, 0.4) is 0 Å². The molecule has 162 valence electrons. The molecule has 2 amide bonds. The Bertz CT molecular complexity index is 1050. The van der Waals surface area contributed by atoms with Crippen LogP contribution >= 0.6 is 11.8 Å². The molecular weight excluding hydrogens is 414 g/mol. The third-order valence-electron chi connectivity index (χ3n) is 5.29. The molecule has 1 aromatic heterocycles. The van der Waals surface area contributed by atoms with E-state index in [0.717, 1.165) is 18.4 Å². The molecule has 1 unspecified atom stereocenters. The second-order valence-corrected chi connectivity index (χ2v) is 8.26. The van der Waals surface area contributed by atoms with Gasteiger partial charge in [0.15, 0.2) is 11.7 Å². The molecule has 1 aliphatic rings. The Balaban J connectivity index is 1.48. The van der Waals surface area contributed by atoms with Crippen LogP contribution in [0.5, 0.6) is 5.75 Å². The van der Waals surface area contributed by atoms with E-state index < -0.39 is 6.10 Å². The van der Waals surface area contributed by atoms with Crippen molar-refractivity contribution in [1.82, 2.24) is 10.3 Å². The maximum Gasteiger partial charge on any atom is 0.263 e. The van der Waals surface area contributed by atoms with E-state index in [2.05, 4.69) is 10.3 Å². The standard InChI is InChI=1S/C23H25N3O4S/c1-3-15(4-2)24-22(28)20-13-26(17-10-6-8-12-19(17)29-20)21(27)14-31-23-25-16-9-5-7-11-18(16)30-23/h5-12,15,20H,3-4,13-14H2,1-2H3,(H,24,28). The van der Waals surface area contributed by atoms with Crippen LogP contribution in [0, 0.1) is 0 Å². The Morgan fingerprint density at radius 2 is 1.90 bits per heavy atom. The highest BCUT2D eigenvalue weighted by Crippen LogP contribution is 2.34. The third-order valence-corrected chi connectivity index (χ3v) is 6.11. The number of anilines is 1. The van der Waals surface area contributed by atoms with Gasteiger partial charge in [0.1, 0.15) is 11.3 Å². The van der Waals surface area contributed by atoms with Crippen molar-refractivity contribution in [3.8, 4) is 5.75 Å². The fraction of sp³-hybridized carbons (Fsp3) is 0.348. The van der Waals surface area contributed by atoms with Crippen molar-refractivity contribution >= 4 is 40.4 Å². The number of hydrogen-bond donors (Lipinski definition) is 1. The van der Waals surface area contributed by atoms with Gasteiger partial charge in [-0.2, -0.15) is 0 Å². The number of benzene rings is 2. The van der Waals surface area contributed by atoms with E-state index in [9.17, 15) is 9.59 Å². The van der Waals surface area contributed by atoms with Crippen LogP contribution in [0.1, 0.15) is 26.7 Å². The molecular formula is C23H25N3O4S. The van der Waals surface area contributed by atoms with E-state index in [1.54, 1.807) is 11.0 Å². The zero-order valence-electron chi connectivity index (χ0n) is 17.5. The lowest BCUT2D eigenvalue weighted by molar-refractivity contribution is -0.129. The molecule has 0 fully saturated rings. The Labute approximate surface area is 185 Å². The molecule has 0 bridgehead atoms. The Kier molecular flexibility index (Phi) is 6.46. The van der Waals surface area contributed by atoms with Gasteiger partial charge in [-0.3, -0.25) is 9.59 Å². The van der Waals surface area contributed by atoms with Crippen LogP contribution < -0.4 is 15.0 Å². The van der Waals surface area contributed by atoms with Crippen molar-refractivity contribution in [1.29, 1.82) is 0 Å². The summed E-state index contributed by atoms with van der Waals surface area (Å²) in [4.78, 5) is 31.9. The summed E-state index contributed by atoms with van der Waals surface area (Å²) in [6, 6.07) is 14.9. The third kappa shape index (κ3) is 4.69. The number of fused-ring (bicyclic) bond motifs is 2. The minimum absolute atomic E-state index is 0.0899. The summed E-state index contributed by atoms with van der Waals surface area (Å²) in [5.74, 6) is 0.330. The number of rotatable bonds is 7. The predicted molar refractivity (Wildman–Crippen MR) is 120 cm³/mol. The first kappa shape index (κ1) is 21.2. The number of nitrogens with one attached hydrogen (secondary N) is 1. The number of carbonyl (C=O) groups is 2.